The fraction of sp³-hybridized carbons (Fsp3) is 0.667. The summed E-state index contributed by atoms with van der Waals surface area (Å²) in [6.45, 7) is 0.0668. The van der Waals surface area contributed by atoms with Gasteiger partial charge in [-0.15, -0.1) is 0 Å². The molecule has 1 aliphatic heterocycles. The molecule has 2 amide bonds. The van der Waals surface area contributed by atoms with Gasteiger partial charge >= 0.3 is 12.0 Å². The van der Waals surface area contributed by atoms with Gasteiger partial charge in [0.25, 0.3) is 0 Å². The summed E-state index contributed by atoms with van der Waals surface area (Å²) in [4.78, 5) is 23.0. The Morgan fingerprint density at radius 2 is 1.95 bits per heavy atom. The van der Waals surface area contributed by atoms with Crippen LogP contribution in [0.3, 0.4) is 0 Å². The van der Waals surface area contributed by atoms with Crippen molar-refractivity contribution < 1.29 is 23.1 Å². The summed E-state index contributed by atoms with van der Waals surface area (Å²) in [6, 6.07) is -1.09. The quantitative estimate of drug-likeness (QED) is 0.688. The van der Waals surface area contributed by atoms with E-state index in [9.17, 15) is 23.1 Å². The van der Waals surface area contributed by atoms with Crippen molar-refractivity contribution in [2.75, 3.05) is 12.3 Å². The summed E-state index contributed by atoms with van der Waals surface area (Å²) in [6.07, 6.45) is 4.22. The zero-order chi connectivity index (χ0) is 14.8. The first-order valence-electron chi connectivity index (χ1n) is 6.52. The van der Waals surface area contributed by atoms with Gasteiger partial charge in [0, 0.05) is 12.0 Å². The number of carbonyl (C=O) groups is 2. The number of carboxylic acid groups (broad SMARTS) is 1. The first-order valence-corrected chi connectivity index (χ1v) is 8.23. The van der Waals surface area contributed by atoms with Gasteiger partial charge in [0.2, 0.25) is 0 Å². The lowest BCUT2D eigenvalue weighted by Gasteiger charge is -2.24. The van der Waals surface area contributed by atoms with Crippen LogP contribution in [-0.4, -0.2) is 43.9 Å². The van der Waals surface area contributed by atoms with Crippen LogP contribution < -0.4 is 10.6 Å². The minimum absolute atomic E-state index is 0.0668. The highest BCUT2D eigenvalue weighted by atomic mass is 32.2. The maximum absolute atomic E-state index is 11.7. The molecule has 20 heavy (non-hydrogen) atoms. The molecule has 7 nitrogen and oxygen atoms in total. The van der Waals surface area contributed by atoms with Crippen molar-refractivity contribution in [1.82, 2.24) is 10.6 Å². The van der Waals surface area contributed by atoms with E-state index in [1.165, 1.54) is 6.08 Å². The molecule has 0 saturated heterocycles. The molecule has 1 aliphatic carbocycles. The summed E-state index contributed by atoms with van der Waals surface area (Å²) >= 11 is 0. The summed E-state index contributed by atoms with van der Waals surface area (Å²) < 4.78 is 22.4. The lowest BCUT2D eigenvalue weighted by atomic mass is 9.86. The molecule has 112 valence electrons. The van der Waals surface area contributed by atoms with Gasteiger partial charge in [-0.05, 0) is 18.9 Å². The molecule has 0 bridgehead atoms. The number of urea groups is 1. The van der Waals surface area contributed by atoms with E-state index in [1.807, 2.05) is 0 Å². The third kappa shape index (κ3) is 3.30. The number of nitrogens with one attached hydrogen (secondary N) is 2. The Morgan fingerprint density at radius 1 is 1.30 bits per heavy atom. The number of hydrogen-bond acceptors (Lipinski definition) is 4. The fourth-order valence-electron chi connectivity index (χ4n) is 2.65. The fourth-order valence-corrected chi connectivity index (χ4v) is 3.89. The first kappa shape index (κ1) is 14.8. The molecule has 3 N–H and O–H groups in total. The molecule has 0 spiro atoms. The topological polar surface area (TPSA) is 113 Å². The highest BCUT2D eigenvalue weighted by Gasteiger charge is 2.41. The highest BCUT2D eigenvalue weighted by Crippen LogP contribution is 2.37. The van der Waals surface area contributed by atoms with E-state index in [4.69, 9.17) is 0 Å². The van der Waals surface area contributed by atoms with Crippen molar-refractivity contribution in [3.8, 4) is 0 Å². The SMILES string of the molecule is O=C(NCC1(C(=O)O)CCCC1)NC1C=CS(=O)(=O)C1. The lowest BCUT2D eigenvalue weighted by molar-refractivity contribution is -0.148. The van der Waals surface area contributed by atoms with E-state index in [0.29, 0.717) is 12.8 Å². The van der Waals surface area contributed by atoms with Crippen molar-refractivity contribution >= 4 is 21.8 Å². The Morgan fingerprint density at radius 3 is 2.45 bits per heavy atom. The number of hydrogen-bond donors (Lipinski definition) is 3. The van der Waals surface area contributed by atoms with Crippen LogP contribution in [0.25, 0.3) is 0 Å². The molecule has 2 rings (SSSR count). The van der Waals surface area contributed by atoms with Crippen LogP contribution in [0, 0.1) is 5.41 Å². The van der Waals surface area contributed by atoms with Crippen molar-refractivity contribution in [2.45, 2.75) is 31.7 Å². The monoisotopic (exact) mass is 302 g/mol. The van der Waals surface area contributed by atoms with Gasteiger partial charge in [-0.1, -0.05) is 12.8 Å². The van der Waals surface area contributed by atoms with Crippen LogP contribution in [-0.2, 0) is 14.6 Å². The second-order valence-electron chi connectivity index (χ2n) is 5.38. The first-order chi connectivity index (χ1) is 9.33. The third-order valence-electron chi connectivity index (χ3n) is 3.85. The highest BCUT2D eigenvalue weighted by molar-refractivity contribution is 7.94. The van der Waals surface area contributed by atoms with Gasteiger partial charge in [0.15, 0.2) is 9.84 Å². The standard InChI is InChI=1S/C12H18N2O5S/c15-10(16)12(4-1-2-5-12)8-13-11(17)14-9-3-6-20(18,19)7-9/h3,6,9H,1-2,4-5,7-8H2,(H,15,16)(H2,13,14,17). The van der Waals surface area contributed by atoms with Crippen LogP contribution >= 0.6 is 0 Å². The number of amides is 2. The molecule has 1 atom stereocenters. The average molecular weight is 302 g/mol. The Kier molecular flexibility index (Phi) is 4.03. The van der Waals surface area contributed by atoms with Crippen molar-refractivity contribution in [2.24, 2.45) is 5.41 Å². The van der Waals surface area contributed by atoms with Crippen LogP contribution in [0.1, 0.15) is 25.7 Å². The number of carboxylic acids is 1. The minimum Gasteiger partial charge on any atom is -0.481 e. The van der Waals surface area contributed by atoms with E-state index in [2.05, 4.69) is 10.6 Å². The van der Waals surface area contributed by atoms with Gasteiger partial charge in [0.05, 0.1) is 17.2 Å². The largest absolute Gasteiger partial charge is 0.481 e. The van der Waals surface area contributed by atoms with Crippen molar-refractivity contribution in [3.63, 3.8) is 0 Å². The number of sulfone groups is 1. The molecule has 2 aliphatic rings. The summed E-state index contributed by atoms with van der Waals surface area (Å²) in [7, 11) is -3.21. The zero-order valence-corrected chi connectivity index (χ0v) is 11.8. The van der Waals surface area contributed by atoms with E-state index in [-0.39, 0.29) is 12.3 Å². The Bertz CT molecular complexity index is 534. The zero-order valence-electron chi connectivity index (χ0n) is 11.0. The number of carbonyl (C=O) groups excluding carboxylic acids is 1. The van der Waals surface area contributed by atoms with Crippen LogP contribution in [0.5, 0.6) is 0 Å². The normalized spacial score (nSPS) is 26.3. The summed E-state index contributed by atoms with van der Waals surface area (Å²) in [5.74, 6) is -1.04. The van der Waals surface area contributed by atoms with E-state index in [1.54, 1.807) is 0 Å². The Hall–Kier alpha value is -1.57. The van der Waals surface area contributed by atoms with Gasteiger partial charge in [-0.25, -0.2) is 13.2 Å². The Balaban J connectivity index is 1.84. The van der Waals surface area contributed by atoms with Crippen molar-refractivity contribution in [3.05, 3.63) is 11.5 Å². The molecule has 0 radical (unpaired) electrons. The van der Waals surface area contributed by atoms with Gasteiger partial charge in [-0.2, -0.15) is 0 Å². The van der Waals surface area contributed by atoms with Crippen LogP contribution in [0.15, 0.2) is 11.5 Å². The van der Waals surface area contributed by atoms with Gasteiger partial charge in [-0.3, -0.25) is 4.79 Å². The lowest BCUT2D eigenvalue weighted by Crippen LogP contribution is -2.48. The van der Waals surface area contributed by atoms with Gasteiger partial charge < -0.3 is 15.7 Å². The van der Waals surface area contributed by atoms with Crippen molar-refractivity contribution in [1.29, 1.82) is 0 Å². The molecule has 0 aromatic rings. The molecule has 1 saturated carbocycles. The predicted octanol–water partition coefficient (Wildman–Crippen LogP) is 0.241. The van der Waals surface area contributed by atoms with Crippen LogP contribution in [0.4, 0.5) is 4.79 Å². The molecular weight excluding hydrogens is 284 g/mol. The molecule has 8 heteroatoms. The smallest absolute Gasteiger partial charge is 0.315 e. The Labute approximate surface area is 117 Å². The predicted molar refractivity (Wildman–Crippen MR) is 71.8 cm³/mol. The maximum Gasteiger partial charge on any atom is 0.315 e. The number of rotatable bonds is 4. The van der Waals surface area contributed by atoms with Crippen LogP contribution in [0.2, 0.25) is 0 Å². The second-order valence-corrected chi connectivity index (χ2v) is 7.32. The number of aliphatic carboxylic acids is 1. The molecular formula is C12H18N2O5S. The third-order valence-corrected chi connectivity index (χ3v) is 5.24. The molecule has 0 aromatic heterocycles. The molecule has 1 unspecified atom stereocenters. The van der Waals surface area contributed by atoms with E-state index in [0.717, 1.165) is 18.2 Å². The van der Waals surface area contributed by atoms with Gasteiger partial charge in [0.1, 0.15) is 0 Å². The summed E-state index contributed by atoms with van der Waals surface area (Å²) in [5, 5.41) is 15.4. The molecule has 1 fully saturated rings. The van der Waals surface area contributed by atoms with E-state index < -0.39 is 33.3 Å². The molecule has 0 aromatic carbocycles. The average Bonchev–Trinajstić information content (AvgIpc) is 2.94. The minimum atomic E-state index is -3.21. The van der Waals surface area contributed by atoms with E-state index >= 15 is 0 Å². The maximum atomic E-state index is 11.7. The molecule has 1 heterocycles. The summed E-state index contributed by atoms with van der Waals surface area (Å²) in [5.41, 5.74) is -0.880. The second kappa shape index (κ2) is 5.43.